The zero-order chi connectivity index (χ0) is 24.7. The molecular formula is C26H25ClN4O2S. The van der Waals surface area contributed by atoms with Crippen LogP contribution in [0.3, 0.4) is 0 Å². The van der Waals surface area contributed by atoms with Crippen molar-refractivity contribution in [1.29, 1.82) is 0 Å². The van der Waals surface area contributed by atoms with E-state index in [-0.39, 0.29) is 10.7 Å². The van der Waals surface area contributed by atoms with Gasteiger partial charge in [0.05, 0.1) is 5.69 Å². The first kappa shape index (κ1) is 23.7. The number of hydrogen-bond acceptors (Lipinski definition) is 4. The SMILES string of the molecule is Cc1ccc(N2C(=O)/C(=C/c3cc(C)n(-c4ccc(N(C)C)cc4)c3C)C(=O)NC2=S)cc1Cl. The summed E-state index contributed by atoms with van der Waals surface area (Å²) in [5.74, 6) is -1.02. The minimum Gasteiger partial charge on any atom is -0.378 e. The Labute approximate surface area is 209 Å². The van der Waals surface area contributed by atoms with Gasteiger partial charge in [0.25, 0.3) is 11.8 Å². The summed E-state index contributed by atoms with van der Waals surface area (Å²) >= 11 is 11.6. The highest BCUT2D eigenvalue weighted by atomic mass is 35.5. The fourth-order valence-corrected chi connectivity index (χ4v) is 4.46. The van der Waals surface area contributed by atoms with Crippen LogP contribution in [-0.4, -0.2) is 35.6 Å². The number of aryl methyl sites for hydroxylation is 2. The monoisotopic (exact) mass is 492 g/mol. The molecule has 3 aromatic rings. The summed E-state index contributed by atoms with van der Waals surface area (Å²) in [5.41, 5.74) is 6.18. The van der Waals surface area contributed by atoms with Gasteiger partial charge in [-0.15, -0.1) is 0 Å². The number of rotatable bonds is 4. The van der Waals surface area contributed by atoms with E-state index in [1.54, 1.807) is 18.2 Å². The lowest BCUT2D eigenvalue weighted by Gasteiger charge is -2.29. The normalized spacial score (nSPS) is 15.2. The van der Waals surface area contributed by atoms with Crippen LogP contribution >= 0.6 is 23.8 Å². The summed E-state index contributed by atoms with van der Waals surface area (Å²) in [6, 6.07) is 15.4. The van der Waals surface area contributed by atoms with E-state index in [0.29, 0.717) is 10.7 Å². The van der Waals surface area contributed by atoms with Crippen molar-refractivity contribution in [2.45, 2.75) is 20.8 Å². The smallest absolute Gasteiger partial charge is 0.270 e. The first-order valence-electron chi connectivity index (χ1n) is 10.7. The lowest BCUT2D eigenvalue weighted by atomic mass is 10.1. The second-order valence-corrected chi connectivity index (χ2v) is 9.26. The van der Waals surface area contributed by atoms with Crippen molar-refractivity contribution >= 4 is 58.2 Å². The predicted octanol–water partition coefficient (Wildman–Crippen LogP) is 4.95. The number of carbonyl (C=O) groups excluding carboxylic acids is 2. The molecule has 1 aliphatic heterocycles. The van der Waals surface area contributed by atoms with Crippen LogP contribution in [0.4, 0.5) is 11.4 Å². The maximum absolute atomic E-state index is 13.4. The van der Waals surface area contributed by atoms with Crippen molar-refractivity contribution in [2.24, 2.45) is 0 Å². The van der Waals surface area contributed by atoms with Gasteiger partial charge in [-0.05, 0) is 92.7 Å². The van der Waals surface area contributed by atoms with Crippen LogP contribution in [0.2, 0.25) is 5.02 Å². The quantitative estimate of drug-likeness (QED) is 0.318. The van der Waals surface area contributed by atoms with Gasteiger partial charge in [0, 0.05) is 41.9 Å². The molecule has 0 atom stereocenters. The molecule has 2 aromatic carbocycles. The molecule has 0 bridgehead atoms. The van der Waals surface area contributed by atoms with E-state index in [1.807, 2.05) is 64.0 Å². The number of hydrogen-bond donors (Lipinski definition) is 1. The molecule has 1 N–H and O–H groups in total. The highest BCUT2D eigenvalue weighted by molar-refractivity contribution is 7.80. The van der Waals surface area contributed by atoms with Crippen molar-refractivity contribution in [2.75, 3.05) is 23.9 Å². The molecule has 1 aliphatic rings. The molecule has 0 spiro atoms. The number of benzene rings is 2. The third-order valence-corrected chi connectivity index (χ3v) is 6.60. The van der Waals surface area contributed by atoms with Crippen LogP contribution in [0.5, 0.6) is 0 Å². The molecular weight excluding hydrogens is 468 g/mol. The van der Waals surface area contributed by atoms with Gasteiger partial charge in [-0.1, -0.05) is 17.7 Å². The van der Waals surface area contributed by atoms with E-state index in [2.05, 4.69) is 22.0 Å². The fraction of sp³-hybridized carbons (Fsp3) is 0.192. The lowest BCUT2D eigenvalue weighted by Crippen LogP contribution is -2.54. The van der Waals surface area contributed by atoms with Gasteiger partial charge in [-0.2, -0.15) is 0 Å². The van der Waals surface area contributed by atoms with Crippen molar-refractivity contribution in [1.82, 2.24) is 9.88 Å². The van der Waals surface area contributed by atoms with Gasteiger partial charge in [-0.3, -0.25) is 19.8 Å². The molecule has 1 fully saturated rings. The van der Waals surface area contributed by atoms with E-state index in [4.69, 9.17) is 23.8 Å². The second-order valence-electron chi connectivity index (χ2n) is 8.46. The molecule has 8 heteroatoms. The summed E-state index contributed by atoms with van der Waals surface area (Å²) in [6.07, 6.45) is 1.62. The Bertz CT molecular complexity index is 1360. The Kier molecular flexibility index (Phi) is 6.34. The summed E-state index contributed by atoms with van der Waals surface area (Å²) in [5, 5.41) is 3.17. The maximum Gasteiger partial charge on any atom is 0.270 e. The molecule has 6 nitrogen and oxygen atoms in total. The van der Waals surface area contributed by atoms with Crippen LogP contribution in [-0.2, 0) is 9.59 Å². The van der Waals surface area contributed by atoms with Gasteiger partial charge >= 0.3 is 0 Å². The maximum atomic E-state index is 13.4. The molecule has 174 valence electrons. The minimum absolute atomic E-state index is 0.00787. The van der Waals surface area contributed by atoms with Gasteiger partial charge < -0.3 is 9.47 Å². The Balaban J connectivity index is 1.73. The molecule has 1 saturated heterocycles. The molecule has 2 amide bonds. The summed E-state index contributed by atoms with van der Waals surface area (Å²) in [7, 11) is 3.99. The first-order valence-corrected chi connectivity index (χ1v) is 11.5. The van der Waals surface area contributed by atoms with E-state index < -0.39 is 11.8 Å². The number of thiocarbonyl (C=S) groups is 1. The molecule has 0 radical (unpaired) electrons. The standard InChI is InChI=1S/C26H25ClN4O2S/c1-15-6-7-21(14-23(15)27)31-25(33)22(24(32)28-26(31)34)13-18-12-16(2)30(17(18)3)20-10-8-19(9-11-20)29(4)5/h6-14H,1-5H3,(H,28,32,34)/b22-13+. The van der Waals surface area contributed by atoms with Crippen LogP contribution in [0.15, 0.2) is 54.1 Å². The lowest BCUT2D eigenvalue weighted by molar-refractivity contribution is -0.122. The number of nitrogens with one attached hydrogen (secondary N) is 1. The first-order chi connectivity index (χ1) is 16.1. The predicted molar refractivity (Wildman–Crippen MR) is 142 cm³/mol. The van der Waals surface area contributed by atoms with Gasteiger partial charge in [0.1, 0.15) is 5.57 Å². The summed E-state index contributed by atoms with van der Waals surface area (Å²) in [4.78, 5) is 29.5. The van der Waals surface area contributed by atoms with Crippen molar-refractivity contribution in [3.63, 3.8) is 0 Å². The van der Waals surface area contributed by atoms with Gasteiger partial charge in [-0.25, -0.2) is 0 Å². The topological polar surface area (TPSA) is 57.6 Å². The zero-order valence-corrected chi connectivity index (χ0v) is 21.2. The van der Waals surface area contributed by atoms with E-state index >= 15 is 0 Å². The van der Waals surface area contributed by atoms with Crippen LogP contribution in [0, 0.1) is 20.8 Å². The molecule has 2 heterocycles. The van der Waals surface area contributed by atoms with E-state index in [9.17, 15) is 9.59 Å². The highest BCUT2D eigenvalue weighted by Crippen LogP contribution is 2.29. The minimum atomic E-state index is -0.524. The molecule has 34 heavy (non-hydrogen) atoms. The number of nitrogens with zero attached hydrogens (tertiary/aromatic N) is 3. The van der Waals surface area contributed by atoms with Crippen molar-refractivity contribution in [3.05, 3.63) is 81.6 Å². The van der Waals surface area contributed by atoms with Gasteiger partial charge in [0.15, 0.2) is 5.11 Å². The van der Waals surface area contributed by atoms with Crippen molar-refractivity contribution in [3.8, 4) is 5.69 Å². The van der Waals surface area contributed by atoms with Gasteiger partial charge in [0.2, 0.25) is 0 Å². The number of carbonyl (C=O) groups is 2. The third kappa shape index (κ3) is 4.24. The molecule has 0 saturated carbocycles. The summed E-state index contributed by atoms with van der Waals surface area (Å²) < 4.78 is 2.10. The van der Waals surface area contributed by atoms with E-state index in [0.717, 1.165) is 33.9 Å². The Morgan fingerprint density at radius 2 is 1.62 bits per heavy atom. The van der Waals surface area contributed by atoms with Crippen molar-refractivity contribution < 1.29 is 9.59 Å². The number of aromatic nitrogens is 1. The molecule has 1 aromatic heterocycles. The Morgan fingerprint density at radius 3 is 2.24 bits per heavy atom. The number of anilines is 2. The average Bonchev–Trinajstić information content (AvgIpc) is 3.06. The Morgan fingerprint density at radius 1 is 0.971 bits per heavy atom. The van der Waals surface area contributed by atoms with E-state index in [1.165, 1.54) is 4.90 Å². The molecule has 0 unspecified atom stereocenters. The largest absolute Gasteiger partial charge is 0.378 e. The molecule has 4 rings (SSSR count). The second kappa shape index (κ2) is 9.08. The Hall–Kier alpha value is -3.42. The highest BCUT2D eigenvalue weighted by Gasteiger charge is 2.35. The fourth-order valence-electron chi connectivity index (χ4n) is 4.00. The number of amides is 2. The zero-order valence-electron chi connectivity index (χ0n) is 19.6. The van der Waals surface area contributed by atoms with Crippen LogP contribution in [0.1, 0.15) is 22.5 Å². The van der Waals surface area contributed by atoms with Crippen LogP contribution in [0.25, 0.3) is 11.8 Å². The number of halogens is 1. The van der Waals surface area contributed by atoms with Crippen LogP contribution < -0.4 is 15.1 Å². The molecule has 0 aliphatic carbocycles. The third-order valence-electron chi connectivity index (χ3n) is 5.91. The average molecular weight is 493 g/mol. The summed E-state index contributed by atoms with van der Waals surface area (Å²) in [6.45, 7) is 5.83.